The minimum Gasteiger partial charge on any atom is -0.314 e. The number of rotatable bonds is 6. The lowest BCUT2D eigenvalue weighted by molar-refractivity contribution is 0.197. The minimum absolute atomic E-state index is 0.784. The zero-order chi connectivity index (χ0) is 14.2. The molecule has 2 nitrogen and oxygen atoms in total. The minimum atomic E-state index is 0.784. The largest absolute Gasteiger partial charge is 0.314 e. The van der Waals surface area contributed by atoms with Gasteiger partial charge in [0, 0.05) is 36.7 Å². The summed E-state index contributed by atoms with van der Waals surface area (Å²) in [6.07, 6.45) is 9.80. The van der Waals surface area contributed by atoms with E-state index in [2.05, 4.69) is 35.8 Å². The van der Waals surface area contributed by atoms with E-state index in [1.165, 1.54) is 76.9 Å². The molecular formula is C17H34N2S. The molecule has 0 amide bonds. The monoisotopic (exact) mass is 298 g/mol. The van der Waals surface area contributed by atoms with Gasteiger partial charge >= 0.3 is 0 Å². The maximum Gasteiger partial charge on any atom is 0.0172 e. The van der Waals surface area contributed by atoms with E-state index < -0.39 is 0 Å². The molecule has 0 radical (unpaired) electrons. The van der Waals surface area contributed by atoms with Crippen LogP contribution in [0.25, 0.3) is 0 Å². The normalized spacial score (nSPS) is 33.0. The van der Waals surface area contributed by atoms with E-state index in [9.17, 15) is 0 Å². The van der Waals surface area contributed by atoms with Gasteiger partial charge in [0.2, 0.25) is 0 Å². The summed E-state index contributed by atoms with van der Waals surface area (Å²) in [5.74, 6) is 2.24. The molecule has 0 spiro atoms. The molecule has 2 rings (SSSR count). The topological polar surface area (TPSA) is 15.3 Å². The van der Waals surface area contributed by atoms with Gasteiger partial charge in [-0.15, -0.1) is 0 Å². The molecule has 3 unspecified atom stereocenters. The number of nitrogens with one attached hydrogen (secondary N) is 1. The summed E-state index contributed by atoms with van der Waals surface area (Å²) in [7, 11) is 0. The van der Waals surface area contributed by atoms with Crippen LogP contribution >= 0.6 is 11.8 Å². The van der Waals surface area contributed by atoms with Gasteiger partial charge in [-0.2, -0.15) is 11.8 Å². The van der Waals surface area contributed by atoms with Crippen molar-refractivity contribution in [2.45, 2.75) is 70.1 Å². The highest BCUT2D eigenvalue weighted by atomic mass is 32.2. The first-order chi connectivity index (χ1) is 9.83. The van der Waals surface area contributed by atoms with Gasteiger partial charge < -0.3 is 10.2 Å². The third-order valence-corrected chi connectivity index (χ3v) is 6.36. The van der Waals surface area contributed by atoms with E-state index in [0.717, 1.165) is 17.2 Å². The van der Waals surface area contributed by atoms with E-state index in [1.807, 2.05) is 0 Å². The molecule has 2 fully saturated rings. The van der Waals surface area contributed by atoms with Crippen LogP contribution in [0.4, 0.5) is 0 Å². The summed E-state index contributed by atoms with van der Waals surface area (Å²) >= 11 is 2.19. The summed E-state index contributed by atoms with van der Waals surface area (Å²) in [4.78, 5) is 2.77. The maximum absolute atomic E-state index is 3.84. The highest BCUT2D eigenvalue weighted by Crippen LogP contribution is 2.27. The Hall–Kier alpha value is 0.270. The second-order valence-electron chi connectivity index (χ2n) is 6.62. The fourth-order valence-electron chi connectivity index (χ4n) is 3.73. The van der Waals surface area contributed by atoms with Gasteiger partial charge in [-0.05, 0) is 38.1 Å². The van der Waals surface area contributed by atoms with Crippen molar-refractivity contribution in [2.75, 3.05) is 31.9 Å². The molecule has 0 aromatic heterocycles. The predicted octanol–water partition coefficient (Wildman–Crippen LogP) is 3.76. The Kier molecular flexibility index (Phi) is 7.75. The van der Waals surface area contributed by atoms with E-state index in [1.54, 1.807) is 0 Å². The molecule has 1 aliphatic carbocycles. The molecule has 3 heteroatoms. The summed E-state index contributed by atoms with van der Waals surface area (Å²) in [5, 5.41) is 4.73. The first-order valence-corrected chi connectivity index (χ1v) is 9.95. The summed E-state index contributed by atoms with van der Waals surface area (Å²) in [6, 6.07) is 0.784. The molecule has 3 atom stereocenters. The number of hydrogen-bond acceptors (Lipinski definition) is 3. The van der Waals surface area contributed by atoms with Crippen molar-refractivity contribution in [3.05, 3.63) is 0 Å². The van der Waals surface area contributed by atoms with Crippen LogP contribution in [0, 0.1) is 5.92 Å². The van der Waals surface area contributed by atoms with Crippen LogP contribution in [0.5, 0.6) is 0 Å². The quantitative estimate of drug-likeness (QED) is 0.752. The molecule has 1 aliphatic heterocycles. The molecule has 2 aliphatic rings. The first kappa shape index (κ1) is 16.6. The van der Waals surface area contributed by atoms with Crippen LogP contribution in [0.15, 0.2) is 0 Å². The predicted molar refractivity (Wildman–Crippen MR) is 91.6 cm³/mol. The Bertz CT molecular complexity index is 259. The second-order valence-corrected chi connectivity index (χ2v) is 8.03. The smallest absolute Gasteiger partial charge is 0.0172 e. The third kappa shape index (κ3) is 5.23. The fraction of sp³-hybridized carbons (Fsp3) is 1.00. The number of hydrogen-bond donors (Lipinski definition) is 1. The lowest BCUT2D eigenvalue weighted by atomic mass is 9.93. The summed E-state index contributed by atoms with van der Waals surface area (Å²) in [6.45, 7) is 9.83. The van der Waals surface area contributed by atoms with Gasteiger partial charge in [-0.1, -0.05) is 33.1 Å². The van der Waals surface area contributed by atoms with Gasteiger partial charge in [0.15, 0.2) is 0 Å². The van der Waals surface area contributed by atoms with Crippen molar-refractivity contribution >= 4 is 11.8 Å². The van der Waals surface area contributed by atoms with E-state index in [-0.39, 0.29) is 0 Å². The average molecular weight is 299 g/mol. The molecule has 20 heavy (non-hydrogen) atoms. The van der Waals surface area contributed by atoms with Gasteiger partial charge in [0.25, 0.3) is 0 Å². The lowest BCUT2D eigenvalue weighted by Crippen LogP contribution is -2.46. The molecule has 118 valence electrons. The van der Waals surface area contributed by atoms with Gasteiger partial charge in [-0.25, -0.2) is 0 Å². The van der Waals surface area contributed by atoms with Crippen LogP contribution in [-0.4, -0.2) is 48.1 Å². The average Bonchev–Trinajstić information content (AvgIpc) is 2.70. The number of nitrogens with zero attached hydrogens (tertiary/aromatic N) is 1. The van der Waals surface area contributed by atoms with Crippen molar-refractivity contribution in [1.29, 1.82) is 0 Å². The molecule has 0 aromatic carbocycles. The zero-order valence-electron chi connectivity index (χ0n) is 13.6. The fourth-order valence-corrected chi connectivity index (χ4v) is 4.98. The van der Waals surface area contributed by atoms with Crippen LogP contribution in [0.1, 0.15) is 58.8 Å². The van der Waals surface area contributed by atoms with Crippen LogP contribution < -0.4 is 5.32 Å². The molecule has 1 N–H and O–H groups in total. The highest BCUT2D eigenvalue weighted by molar-refractivity contribution is 8.00. The summed E-state index contributed by atoms with van der Waals surface area (Å²) in [5.41, 5.74) is 0. The third-order valence-electron chi connectivity index (χ3n) is 4.99. The van der Waals surface area contributed by atoms with Crippen molar-refractivity contribution in [1.82, 2.24) is 10.2 Å². The number of thioether (sulfide) groups is 1. The van der Waals surface area contributed by atoms with Gasteiger partial charge in [0.1, 0.15) is 0 Å². The molecule has 1 saturated carbocycles. The van der Waals surface area contributed by atoms with Crippen molar-refractivity contribution < 1.29 is 0 Å². The van der Waals surface area contributed by atoms with Crippen LogP contribution in [-0.2, 0) is 0 Å². The van der Waals surface area contributed by atoms with Crippen molar-refractivity contribution in [2.24, 2.45) is 5.92 Å². The van der Waals surface area contributed by atoms with Crippen molar-refractivity contribution in [3.8, 4) is 0 Å². The van der Waals surface area contributed by atoms with E-state index >= 15 is 0 Å². The lowest BCUT2D eigenvalue weighted by Gasteiger charge is -2.36. The van der Waals surface area contributed by atoms with Gasteiger partial charge in [-0.3, -0.25) is 0 Å². The Morgan fingerprint density at radius 2 is 2.00 bits per heavy atom. The Labute approximate surface area is 130 Å². The SMILES string of the molecule is CCCNC1CCCCCC1CN1CCSC(CC)C1. The molecule has 0 aromatic rings. The Morgan fingerprint density at radius 1 is 1.15 bits per heavy atom. The Balaban J connectivity index is 1.85. The van der Waals surface area contributed by atoms with Crippen LogP contribution in [0.3, 0.4) is 0 Å². The Morgan fingerprint density at radius 3 is 2.80 bits per heavy atom. The van der Waals surface area contributed by atoms with E-state index in [0.29, 0.717) is 0 Å². The maximum atomic E-state index is 3.84. The van der Waals surface area contributed by atoms with Crippen LogP contribution in [0.2, 0.25) is 0 Å². The molecule has 1 heterocycles. The second kappa shape index (κ2) is 9.32. The standard InChI is InChI=1S/C17H34N2S/c1-3-10-18-17-9-7-5-6-8-15(17)13-19-11-12-20-16(4-2)14-19/h15-18H,3-14H2,1-2H3. The summed E-state index contributed by atoms with van der Waals surface area (Å²) < 4.78 is 0. The first-order valence-electron chi connectivity index (χ1n) is 8.90. The van der Waals surface area contributed by atoms with E-state index in [4.69, 9.17) is 0 Å². The molecule has 1 saturated heterocycles. The highest BCUT2D eigenvalue weighted by Gasteiger charge is 2.27. The molecular weight excluding hydrogens is 264 g/mol. The van der Waals surface area contributed by atoms with Crippen molar-refractivity contribution in [3.63, 3.8) is 0 Å². The van der Waals surface area contributed by atoms with Gasteiger partial charge in [0.05, 0.1) is 0 Å². The zero-order valence-corrected chi connectivity index (χ0v) is 14.4. The molecule has 0 bridgehead atoms.